The number of ether oxygens (including phenoxy) is 1. The van der Waals surface area contributed by atoms with Gasteiger partial charge in [0.1, 0.15) is 11.4 Å². The van der Waals surface area contributed by atoms with E-state index in [0.717, 1.165) is 19.4 Å². The topological polar surface area (TPSA) is 81.6 Å². The summed E-state index contributed by atoms with van der Waals surface area (Å²) in [5.74, 6) is 0. The summed E-state index contributed by atoms with van der Waals surface area (Å²) in [6.07, 6.45) is 2.11. The van der Waals surface area contributed by atoms with Gasteiger partial charge in [-0.05, 0) is 31.9 Å². The molecule has 1 aromatic rings. The average Bonchev–Trinajstić information content (AvgIpc) is 2.38. The molecule has 6 heteroatoms. The maximum Gasteiger partial charge on any atom is 0.315 e. The molecule has 0 spiro atoms. The summed E-state index contributed by atoms with van der Waals surface area (Å²) in [5.41, 5.74) is 6.52. The van der Waals surface area contributed by atoms with E-state index in [4.69, 9.17) is 10.5 Å². The Morgan fingerprint density at radius 3 is 3.05 bits per heavy atom. The Bertz CT molecular complexity index is 462. The van der Waals surface area contributed by atoms with E-state index in [1.165, 1.54) is 0 Å². The number of hydrogen-bond donors (Lipinski definition) is 1. The number of nitrogen functional groups attached to an aromatic ring is 1. The smallest absolute Gasteiger partial charge is 0.315 e. The van der Waals surface area contributed by atoms with E-state index in [1.807, 2.05) is 11.8 Å². The number of nitro benzene ring substituents is 1. The van der Waals surface area contributed by atoms with Crippen molar-refractivity contribution < 1.29 is 9.66 Å². The Balaban J connectivity index is 2.26. The number of hydrogen-bond acceptors (Lipinski definition) is 5. The van der Waals surface area contributed by atoms with Gasteiger partial charge in [0, 0.05) is 19.7 Å². The van der Waals surface area contributed by atoms with Crippen molar-refractivity contribution in [2.45, 2.75) is 25.9 Å². The number of piperidine rings is 1. The van der Waals surface area contributed by atoms with Crippen molar-refractivity contribution in [2.24, 2.45) is 0 Å². The highest BCUT2D eigenvalue weighted by molar-refractivity contribution is 5.75. The van der Waals surface area contributed by atoms with Gasteiger partial charge in [-0.3, -0.25) is 10.1 Å². The molecule has 1 unspecified atom stereocenters. The molecule has 0 aromatic heterocycles. The van der Waals surface area contributed by atoms with Gasteiger partial charge in [-0.15, -0.1) is 0 Å². The summed E-state index contributed by atoms with van der Waals surface area (Å²) >= 11 is 0. The average molecular weight is 265 g/mol. The van der Waals surface area contributed by atoms with Gasteiger partial charge in [-0.2, -0.15) is 0 Å². The van der Waals surface area contributed by atoms with Crippen LogP contribution in [0.3, 0.4) is 0 Å². The lowest BCUT2D eigenvalue weighted by atomic mass is 10.1. The molecular weight excluding hydrogens is 246 g/mol. The third-order valence-corrected chi connectivity index (χ3v) is 3.35. The van der Waals surface area contributed by atoms with Crippen molar-refractivity contribution in [3.05, 3.63) is 28.3 Å². The van der Waals surface area contributed by atoms with Crippen molar-refractivity contribution >= 4 is 17.1 Å². The molecule has 19 heavy (non-hydrogen) atoms. The first-order valence-corrected chi connectivity index (χ1v) is 6.53. The highest BCUT2D eigenvalue weighted by Gasteiger charge is 2.27. The zero-order valence-electron chi connectivity index (χ0n) is 11.0. The van der Waals surface area contributed by atoms with E-state index < -0.39 is 4.92 Å². The number of nitro groups is 1. The second-order valence-electron chi connectivity index (χ2n) is 4.64. The van der Waals surface area contributed by atoms with Gasteiger partial charge < -0.3 is 15.4 Å². The van der Waals surface area contributed by atoms with Crippen LogP contribution in [0.5, 0.6) is 0 Å². The summed E-state index contributed by atoms with van der Waals surface area (Å²) in [6, 6.07) is 5.07. The summed E-state index contributed by atoms with van der Waals surface area (Å²) in [6.45, 7) is 4.10. The molecule has 0 saturated carbocycles. The molecule has 1 heterocycles. The minimum atomic E-state index is -0.408. The lowest BCUT2D eigenvalue weighted by Gasteiger charge is -2.33. The second-order valence-corrected chi connectivity index (χ2v) is 4.64. The van der Waals surface area contributed by atoms with Crippen molar-refractivity contribution in [3.63, 3.8) is 0 Å². The van der Waals surface area contributed by atoms with Crippen LogP contribution in [0.2, 0.25) is 0 Å². The monoisotopic (exact) mass is 265 g/mol. The Morgan fingerprint density at radius 1 is 1.58 bits per heavy atom. The first kappa shape index (κ1) is 13.6. The molecule has 1 saturated heterocycles. The maximum atomic E-state index is 11.2. The molecule has 0 aliphatic carbocycles. The van der Waals surface area contributed by atoms with Gasteiger partial charge in [0.05, 0.1) is 11.0 Å². The van der Waals surface area contributed by atoms with Crippen LogP contribution in [0, 0.1) is 10.1 Å². The fraction of sp³-hybridized carbons (Fsp3) is 0.538. The Labute approximate surface area is 112 Å². The summed E-state index contributed by atoms with van der Waals surface area (Å²) < 4.78 is 5.62. The van der Waals surface area contributed by atoms with Crippen LogP contribution in [-0.4, -0.2) is 30.7 Å². The molecule has 104 valence electrons. The van der Waals surface area contributed by atoms with Gasteiger partial charge in [0.2, 0.25) is 0 Å². The van der Waals surface area contributed by atoms with Crippen molar-refractivity contribution in [2.75, 3.05) is 30.3 Å². The van der Waals surface area contributed by atoms with Crippen LogP contribution >= 0.6 is 0 Å². The van der Waals surface area contributed by atoms with E-state index in [9.17, 15) is 10.1 Å². The molecule has 0 amide bonds. The first-order chi connectivity index (χ1) is 9.13. The molecule has 6 nitrogen and oxygen atoms in total. The first-order valence-electron chi connectivity index (χ1n) is 6.53. The largest absolute Gasteiger partial charge is 0.393 e. The van der Waals surface area contributed by atoms with Crippen molar-refractivity contribution in [3.8, 4) is 0 Å². The number of para-hydroxylation sites is 1. The quantitative estimate of drug-likeness (QED) is 0.512. The van der Waals surface area contributed by atoms with Gasteiger partial charge in [-0.25, -0.2) is 0 Å². The van der Waals surface area contributed by atoms with Gasteiger partial charge >= 0.3 is 5.69 Å². The molecule has 2 N–H and O–H groups in total. The van der Waals surface area contributed by atoms with Crippen molar-refractivity contribution in [1.29, 1.82) is 0 Å². The van der Waals surface area contributed by atoms with Gasteiger partial charge in [0.15, 0.2) is 0 Å². The maximum absolute atomic E-state index is 11.2. The number of anilines is 2. The molecule has 1 aliphatic heterocycles. The zero-order chi connectivity index (χ0) is 13.8. The number of nitrogens with zero attached hydrogens (tertiary/aromatic N) is 2. The predicted molar refractivity (Wildman–Crippen MR) is 74.4 cm³/mol. The molecular formula is C13H19N3O3. The fourth-order valence-electron chi connectivity index (χ4n) is 2.53. The molecule has 0 radical (unpaired) electrons. The van der Waals surface area contributed by atoms with Crippen molar-refractivity contribution in [1.82, 2.24) is 0 Å². The van der Waals surface area contributed by atoms with E-state index >= 15 is 0 Å². The predicted octanol–water partition coefficient (Wildman–Crippen LogP) is 2.18. The van der Waals surface area contributed by atoms with Crippen LogP contribution in [0.25, 0.3) is 0 Å². The zero-order valence-corrected chi connectivity index (χ0v) is 11.0. The number of rotatable bonds is 4. The van der Waals surface area contributed by atoms with E-state index in [0.29, 0.717) is 18.8 Å². The van der Waals surface area contributed by atoms with E-state index in [-0.39, 0.29) is 17.5 Å². The highest BCUT2D eigenvalue weighted by Crippen LogP contribution is 2.35. The SMILES string of the molecule is CCOC1CCCN(c2cccc(N)c2[N+](=O)[O-])C1. The standard InChI is InChI=1S/C13H19N3O3/c1-2-19-10-5-4-8-15(9-10)12-7-3-6-11(14)13(12)16(17)18/h3,6-7,10H,2,4-5,8-9,14H2,1H3. The lowest BCUT2D eigenvalue weighted by molar-refractivity contribution is -0.383. The minimum Gasteiger partial charge on any atom is -0.393 e. The molecule has 1 aromatic carbocycles. The Morgan fingerprint density at radius 2 is 2.37 bits per heavy atom. The van der Waals surface area contributed by atoms with Crippen LogP contribution in [-0.2, 0) is 4.74 Å². The molecule has 1 atom stereocenters. The fourth-order valence-corrected chi connectivity index (χ4v) is 2.53. The summed E-state index contributed by atoms with van der Waals surface area (Å²) in [7, 11) is 0. The lowest BCUT2D eigenvalue weighted by Crippen LogP contribution is -2.40. The Kier molecular flexibility index (Phi) is 4.21. The third-order valence-electron chi connectivity index (χ3n) is 3.35. The van der Waals surface area contributed by atoms with Gasteiger partial charge in [0.25, 0.3) is 0 Å². The normalized spacial score (nSPS) is 19.4. The highest BCUT2D eigenvalue weighted by atomic mass is 16.6. The van der Waals surface area contributed by atoms with Gasteiger partial charge in [-0.1, -0.05) is 6.07 Å². The molecule has 1 aliphatic rings. The molecule has 2 rings (SSSR count). The minimum absolute atomic E-state index is 0.000325. The van der Waals surface area contributed by atoms with E-state index in [2.05, 4.69) is 0 Å². The number of benzene rings is 1. The Hall–Kier alpha value is -1.82. The second kappa shape index (κ2) is 5.88. The summed E-state index contributed by atoms with van der Waals surface area (Å²) in [5, 5.41) is 11.2. The van der Waals surface area contributed by atoms with E-state index in [1.54, 1.807) is 18.2 Å². The third kappa shape index (κ3) is 2.96. The summed E-state index contributed by atoms with van der Waals surface area (Å²) in [4.78, 5) is 12.8. The van der Waals surface area contributed by atoms with Crippen LogP contribution in [0.15, 0.2) is 18.2 Å². The van der Waals surface area contributed by atoms with Crippen LogP contribution < -0.4 is 10.6 Å². The van der Waals surface area contributed by atoms with Crippen LogP contribution in [0.1, 0.15) is 19.8 Å². The number of nitrogens with two attached hydrogens (primary N) is 1. The van der Waals surface area contributed by atoms with Crippen LogP contribution in [0.4, 0.5) is 17.1 Å². The molecule has 1 fully saturated rings. The molecule has 0 bridgehead atoms.